The number of hydrazone groups is 1. The zero-order valence-electron chi connectivity index (χ0n) is 10.5. The number of carbonyl (C=O) groups is 1. The van der Waals surface area contributed by atoms with Gasteiger partial charge in [0.25, 0.3) is 5.91 Å². The van der Waals surface area contributed by atoms with Gasteiger partial charge in [-0.05, 0) is 24.3 Å². The summed E-state index contributed by atoms with van der Waals surface area (Å²) in [7, 11) is 0. The number of rotatable bonds is 4. The highest BCUT2D eigenvalue weighted by Gasteiger charge is 2.08. The Hall–Kier alpha value is -2.73. The molecule has 20 heavy (non-hydrogen) atoms. The van der Waals surface area contributed by atoms with Crippen molar-refractivity contribution in [3.05, 3.63) is 59.4 Å². The molecule has 6 nitrogen and oxygen atoms in total. The van der Waals surface area contributed by atoms with Crippen LogP contribution in [0.4, 0.5) is 0 Å². The maximum absolute atomic E-state index is 11.7. The number of nitrogens with zero attached hydrogens (tertiary/aromatic N) is 2. The molecule has 0 saturated carbocycles. The Balaban J connectivity index is 2.03. The third-order valence-corrected chi connectivity index (χ3v) is 2.50. The number of carbonyl (C=O) groups excluding carboxylic acids is 1. The summed E-state index contributed by atoms with van der Waals surface area (Å²) >= 11 is 0. The van der Waals surface area contributed by atoms with Crippen LogP contribution in [0.3, 0.4) is 0 Å². The standard InChI is InChI=1S/C14H13N3O3/c18-9-11-5-3-4-10(16-11)8-15-17-14(20)12-6-1-2-7-13(12)19/h1-8,18-19H,9H2,(H,17,20)/b15-8+. The first-order valence-electron chi connectivity index (χ1n) is 5.89. The fourth-order valence-electron chi connectivity index (χ4n) is 1.54. The molecule has 2 aromatic rings. The normalized spacial score (nSPS) is 10.7. The monoisotopic (exact) mass is 271 g/mol. The van der Waals surface area contributed by atoms with Gasteiger partial charge in [-0.2, -0.15) is 5.10 Å². The Morgan fingerprint density at radius 1 is 1.25 bits per heavy atom. The summed E-state index contributed by atoms with van der Waals surface area (Å²) in [6, 6.07) is 11.3. The first-order valence-corrected chi connectivity index (χ1v) is 5.89. The van der Waals surface area contributed by atoms with Crippen LogP contribution in [0.25, 0.3) is 0 Å². The molecule has 1 aromatic carbocycles. The fraction of sp³-hybridized carbons (Fsp3) is 0.0714. The number of aromatic hydroxyl groups is 1. The molecule has 1 amide bonds. The molecule has 1 heterocycles. The largest absolute Gasteiger partial charge is 0.507 e. The summed E-state index contributed by atoms with van der Waals surface area (Å²) < 4.78 is 0. The van der Waals surface area contributed by atoms with E-state index in [-0.39, 0.29) is 17.9 Å². The second-order valence-corrected chi connectivity index (χ2v) is 3.93. The third-order valence-electron chi connectivity index (χ3n) is 2.50. The molecule has 0 fully saturated rings. The average molecular weight is 271 g/mol. The molecule has 102 valence electrons. The average Bonchev–Trinajstić information content (AvgIpc) is 2.48. The molecular weight excluding hydrogens is 258 g/mol. The number of amides is 1. The fourth-order valence-corrected chi connectivity index (χ4v) is 1.54. The zero-order chi connectivity index (χ0) is 14.4. The number of phenols is 1. The molecule has 3 N–H and O–H groups in total. The summed E-state index contributed by atoms with van der Waals surface area (Å²) in [6.07, 6.45) is 1.36. The van der Waals surface area contributed by atoms with Gasteiger partial charge in [-0.25, -0.2) is 10.4 Å². The van der Waals surface area contributed by atoms with Crippen LogP contribution in [0.5, 0.6) is 5.75 Å². The van der Waals surface area contributed by atoms with Gasteiger partial charge in [-0.3, -0.25) is 4.79 Å². The number of benzene rings is 1. The van der Waals surface area contributed by atoms with Crippen molar-refractivity contribution in [3.8, 4) is 5.75 Å². The number of hydrogen-bond acceptors (Lipinski definition) is 5. The van der Waals surface area contributed by atoms with Crippen LogP contribution in [0.15, 0.2) is 47.6 Å². The SMILES string of the molecule is O=C(N/N=C/c1cccc(CO)n1)c1ccccc1O. The van der Waals surface area contributed by atoms with E-state index in [2.05, 4.69) is 15.5 Å². The Bertz CT molecular complexity index is 641. The Morgan fingerprint density at radius 3 is 2.80 bits per heavy atom. The minimum Gasteiger partial charge on any atom is -0.507 e. The maximum Gasteiger partial charge on any atom is 0.275 e. The summed E-state index contributed by atoms with van der Waals surface area (Å²) in [5.41, 5.74) is 3.46. The number of aromatic nitrogens is 1. The van der Waals surface area contributed by atoms with Crippen molar-refractivity contribution in [2.24, 2.45) is 5.10 Å². The van der Waals surface area contributed by atoms with E-state index < -0.39 is 5.91 Å². The Morgan fingerprint density at radius 2 is 2.05 bits per heavy atom. The van der Waals surface area contributed by atoms with Crippen molar-refractivity contribution >= 4 is 12.1 Å². The van der Waals surface area contributed by atoms with Crippen LogP contribution in [-0.2, 0) is 6.61 Å². The van der Waals surface area contributed by atoms with Gasteiger partial charge in [-0.1, -0.05) is 18.2 Å². The van der Waals surface area contributed by atoms with Crippen LogP contribution in [0.1, 0.15) is 21.7 Å². The predicted octanol–water partition coefficient (Wildman–Crippen LogP) is 1.04. The first-order chi connectivity index (χ1) is 9.70. The molecule has 0 radical (unpaired) electrons. The molecule has 0 unspecified atom stereocenters. The van der Waals surface area contributed by atoms with Crippen LogP contribution in [0, 0.1) is 0 Å². The molecule has 0 spiro atoms. The molecule has 0 bridgehead atoms. The van der Waals surface area contributed by atoms with Crippen LogP contribution in [-0.4, -0.2) is 27.3 Å². The van der Waals surface area contributed by atoms with Gasteiger partial charge in [-0.15, -0.1) is 0 Å². The van der Waals surface area contributed by atoms with Crippen molar-refractivity contribution < 1.29 is 15.0 Å². The summed E-state index contributed by atoms with van der Waals surface area (Å²) in [4.78, 5) is 15.8. The third kappa shape index (κ3) is 3.39. The van der Waals surface area contributed by atoms with Gasteiger partial charge in [0.15, 0.2) is 0 Å². The number of aliphatic hydroxyl groups excluding tert-OH is 1. The molecule has 0 aliphatic heterocycles. The van der Waals surface area contributed by atoms with E-state index in [0.717, 1.165) is 0 Å². The molecule has 6 heteroatoms. The van der Waals surface area contributed by atoms with E-state index in [1.54, 1.807) is 30.3 Å². The van der Waals surface area contributed by atoms with Gasteiger partial charge in [0.2, 0.25) is 0 Å². The van der Waals surface area contributed by atoms with Crippen molar-refractivity contribution in [2.75, 3.05) is 0 Å². The highest BCUT2D eigenvalue weighted by atomic mass is 16.3. The lowest BCUT2D eigenvalue weighted by atomic mass is 10.2. The van der Waals surface area contributed by atoms with E-state index in [4.69, 9.17) is 5.11 Å². The molecular formula is C14H13N3O3. The Labute approximate surface area is 115 Å². The van der Waals surface area contributed by atoms with E-state index in [9.17, 15) is 9.90 Å². The predicted molar refractivity (Wildman–Crippen MR) is 73.3 cm³/mol. The molecule has 1 aromatic heterocycles. The topological polar surface area (TPSA) is 94.8 Å². The van der Waals surface area contributed by atoms with Crippen molar-refractivity contribution in [1.29, 1.82) is 0 Å². The number of para-hydroxylation sites is 1. The number of aliphatic hydroxyl groups is 1. The lowest BCUT2D eigenvalue weighted by molar-refractivity contribution is 0.0952. The van der Waals surface area contributed by atoms with Crippen LogP contribution in [0.2, 0.25) is 0 Å². The molecule has 0 aliphatic rings. The lowest BCUT2D eigenvalue weighted by Crippen LogP contribution is -2.17. The lowest BCUT2D eigenvalue weighted by Gasteiger charge is -2.02. The highest BCUT2D eigenvalue weighted by molar-refractivity contribution is 5.97. The van der Waals surface area contributed by atoms with Gasteiger partial charge in [0.1, 0.15) is 5.75 Å². The van der Waals surface area contributed by atoms with E-state index in [1.165, 1.54) is 18.3 Å². The second-order valence-electron chi connectivity index (χ2n) is 3.93. The van der Waals surface area contributed by atoms with Crippen molar-refractivity contribution in [3.63, 3.8) is 0 Å². The van der Waals surface area contributed by atoms with Gasteiger partial charge in [0, 0.05) is 0 Å². The molecule has 0 saturated heterocycles. The van der Waals surface area contributed by atoms with Gasteiger partial charge >= 0.3 is 0 Å². The van der Waals surface area contributed by atoms with E-state index >= 15 is 0 Å². The number of nitrogens with one attached hydrogen (secondary N) is 1. The maximum atomic E-state index is 11.7. The summed E-state index contributed by atoms with van der Waals surface area (Å²) in [6.45, 7) is -0.161. The van der Waals surface area contributed by atoms with Crippen LogP contribution >= 0.6 is 0 Å². The first kappa shape index (κ1) is 13.7. The van der Waals surface area contributed by atoms with Gasteiger partial charge in [0.05, 0.1) is 29.8 Å². The molecule has 2 rings (SSSR count). The summed E-state index contributed by atoms with van der Waals surface area (Å²) in [5, 5.41) is 22.2. The van der Waals surface area contributed by atoms with Gasteiger partial charge < -0.3 is 10.2 Å². The second kappa shape index (κ2) is 6.44. The summed E-state index contributed by atoms with van der Waals surface area (Å²) in [5.74, 6) is -0.627. The zero-order valence-corrected chi connectivity index (χ0v) is 10.5. The quantitative estimate of drug-likeness (QED) is 0.572. The minimum atomic E-state index is -0.516. The number of phenolic OH excluding ortho intramolecular Hbond substituents is 1. The smallest absolute Gasteiger partial charge is 0.275 e. The number of pyridine rings is 1. The Kier molecular flexibility index (Phi) is 4.41. The number of hydrogen-bond donors (Lipinski definition) is 3. The van der Waals surface area contributed by atoms with E-state index in [0.29, 0.717) is 11.4 Å². The van der Waals surface area contributed by atoms with Crippen LogP contribution < -0.4 is 5.43 Å². The minimum absolute atomic E-state index is 0.111. The molecule has 0 atom stereocenters. The molecule has 0 aliphatic carbocycles. The van der Waals surface area contributed by atoms with E-state index in [1.807, 2.05) is 0 Å². The highest BCUT2D eigenvalue weighted by Crippen LogP contribution is 2.14. The van der Waals surface area contributed by atoms with Crippen molar-refractivity contribution in [1.82, 2.24) is 10.4 Å². The van der Waals surface area contributed by atoms with Crippen molar-refractivity contribution in [2.45, 2.75) is 6.61 Å².